The fourth-order valence-corrected chi connectivity index (χ4v) is 3.72. The second-order valence-electron chi connectivity index (χ2n) is 7.23. The normalized spacial score (nSPS) is 23.9. The number of carbonyl (C=O) groups excluding carboxylic acids is 1. The Hall–Kier alpha value is -2.93. The number of pyridine rings is 1. The first-order valence-corrected chi connectivity index (χ1v) is 9.69. The summed E-state index contributed by atoms with van der Waals surface area (Å²) in [5.74, 6) is 1.16. The largest absolute Gasteiger partial charge is 0.383 e. The van der Waals surface area contributed by atoms with E-state index in [2.05, 4.69) is 16.0 Å². The molecule has 28 heavy (non-hydrogen) atoms. The average molecular weight is 379 g/mol. The Balaban J connectivity index is 1.66. The third-order valence-corrected chi connectivity index (χ3v) is 5.23. The van der Waals surface area contributed by atoms with Crippen LogP contribution in [0.25, 0.3) is 0 Å². The van der Waals surface area contributed by atoms with Gasteiger partial charge >= 0.3 is 6.03 Å². The van der Waals surface area contributed by atoms with Crippen molar-refractivity contribution < 1.29 is 9.53 Å². The number of hydrogen-bond donors (Lipinski definition) is 4. The Morgan fingerprint density at radius 3 is 2.89 bits per heavy atom. The van der Waals surface area contributed by atoms with Crippen molar-refractivity contribution in [1.82, 2.24) is 10.3 Å². The maximum absolute atomic E-state index is 12.6. The molecule has 2 aliphatic rings. The average Bonchev–Trinajstić information content (AvgIpc) is 3.47. The number of aromatic nitrogens is 1. The molecule has 3 unspecified atom stereocenters. The summed E-state index contributed by atoms with van der Waals surface area (Å²) in [4.78, 5) is 17.3. The second-order valence-corrected chi connectivity index (χ2v) is 7.23. The molecule has 1 saturated carbocycles. The highest BCUT2D eigenvalue weighted by molar-refractivity contribution is 5.93. The van der Waals surface area contributed by atoms with Gasteiger partial charge in [-0.2, -0.15) is 0 Å². The van der Waals surface area contributed by atoms with Crippen molar-refractivity contribution in [2.45, 2.75) is 25.3 Å². The molecule has 146 valence electrons. The Kier molecular flexibility index (Phi) is 5.25. The first-order chi connectivity index (χ1) is 13.7. The Morgan fingerprint density at radius 1 is 1.32 bits per heavy atom. The Labute approximate surface area is 164 Å². The number of benzene rings is 1. The van der Waals surface area contributed by atoms with Crippen molar-refractivity contribution in [3.63, 3.8) is 0 Å². The molecule has 2 bridgehead atoms. The minimum atomic E-state index is -0.337. The molecule has 2 heterocycles. The molecular formula is C21H25N5O2. The van der Waals surface area contributed by atoms with Gasteiger partial charge in [0.15, 0.2) is 0 Å². The van der Waals surface area contributed by atoms with Crippen LogP contribution < -0.4 is 16.0 Å². The van der Waals surface area contributed by atoms with Crippen molar-refractivity contribution in [3.05, 3.63) is 53.2 Å². The summed E-state index contributed by atoms with van der Waals surface area (Å²) in [6.45, 7) is 3.82. The van der Waals surface area contributed by atoms with Crippen molar-refractivity contribution in [2.75, 3.05) is 30.4 Å². The zero-order chi connectivity index (χ0) is 19.5. The molecule has 0 spiro atoms. The maximum atomic E-state index is 12.6. The lowest BCUT2D eigenvalue weighted by Crippen LogP contribution is -2.35. The van der Waals surface area contributed by atoms with Crippen LogP contribution in [0, 0.1) is 11.3 Å². The molecular weight excluding hydrogens is 354 g/mol. The number of ether oxygens (including phenoxy) is 1. The van der Waals surface area contributed by atoms with Gasteiger partial charge in [-0.15, -0.1) is 0 Å². The minimum absolute atomic E-state index is 0.236. The molecule has 1 fully saturated rings. The zero-order valence-corrected chi connectivity index (χ0v) is 15.9. The van der Waals surface area contributed by atoms with E-state index in [1.807, 2.05) is 37.3 Å². The topological polar surface area (TPSA) is 99.1 Å². The standard InChI is InChI=1S/C21H25N5O2/c1-2-23-19-14(10-22)9-18-25-20(19)16-8-15(16)11-28-12-17(24-21(27)26-18)13-6-4-3-5-7-13/h3-7,9-10,15-17,22-23H,2,8,11-12H2,1H3,(H2,24,25,26,27). The van der Waals surface area contributed by atoms with Gasteiger partial charge < -0.3 is 20.8 Å². The molecule has 7 heteroatoms. The van der Waals surface area contributed by atoms with E-state index in [4.69, 9.17) is 15.1 Å². The molecule has 0 radical (unpaired) electrons. The van der Waals surface area contributed by atoms with E-state index in [9.17, 15) is 4.79 Å². The predicted octanol–water partition coefficient (Wildman–Crippen LogP) is 3.51. The van der Waals surface area contributed by atoms with Crippen LogP contribution in [0.1, 0.15) is 42.1 Å². The fraction of sp³-hybridized carbons (Fsp3) is 0.381. The minimum Gasteiger partial charge on any atom is -0.383 e. The van der Waals surface area contributed by atoms with Crippen molar-refractivity contribution >= 4 is 23.8 Å². The number of urea groups is 1. The SMILES string of the molecule is CCNc1c(C=N)cc2nc1C1CC1COCC(c1ccccc1)NC(=O)N2. The van der Waals surface area contributed by atoms with Gasteiger partial charge in [-0.1, -0.05) is 30.3 Å². The predicted molar refractivity (Wildman–Crippen MR) is 109 cm³/mol. The number of nitrogens with zero attached hydrogens (tertiary/aromatic N) is 1. The number of anilines is 2. The number of hydrogen-bond acceptors (Lipinski definition) is 5. The zero-order valence-electron chi connectivity index (χ0n) is 15.9. The summed E-state index contributed by atoms with van der Waals surface area (Å²) < 4.78 is 5.97. The molecule has 1 aromatic carbocycles. The third kappa shape index (κ3) is 3.84. The Bertz CT molecular complexity index is 871. The fourth-order valence-electron chi connectivity index (χ4n) is 3.72. The van der Waals surface area contributed by atoms with E-state index < -0.39 is 0 Å². The molecule has 0 saturated heterocycles. The van der Waals surface area contributed by atoms with Gasteiger partial charge in [0.25, 0.3) is 0 Å². The van der Waals surface area contributed by atoms with E-state index in [-0.39, 0.29) is 18.0 Å². The van der Waals surface area contributed by atoms with Crippen LogP contribution in [0.2, 0.25) is 0 Å². The van der Waals surface area contributed by atoms with Crippen molar-refractivity contribution in [3.8, 4) is 0 Å². The number of amides is 2. The van der Waals surface area contributed by atoms with Crippen LogP contribution in [-0.2, 0) is 4.74 Å². The summed E-state index contributed by atoms with van der Waals surface area (Å²) in [6, 6.07) is 11.0. The number of rotatable bonds is 4. The van der Waals surface area contributed by atoms with Gasteiger partial charge in [-0.25, -0.2) is 9.78 Å². The van der Waals surface area contributed by atoms with E-state index in [0.717, 1.165) is 35.5 Å². The van der Waals surface area contributed by atoms with Gasteiger partial charge in [-0.05, 0) is 30.9 Å². The highest BCUT2D eigenvalue weighted by Crippen LogP contribution is 2.50. The summed E-state index contributed by atoms with van der Waals surface area (Å²) in [6.07, 6.45) is 2.31. The van der Waals surface area contributed by atoms with Crippen molar-refractivity contribution in [1.29, 1.82) is 5.41 Å². The lowest BCUT2D eigenvalue weighted by Gasteiger charge is -2.21. The molecule has 7 nitrogen and oxygen atoms in total. The van der Waals surface area contributed by atoms with Crippen LogP contribution in [0.15, 0.2) is 36.4 Å². The highest BCUT2D eigenvalue weighted by atomic mass is 16.5. The second kappa shape index (κ2) is 7.98. The quantitative estimate of drug-likeness (QED) is 0.611. The maximum Gasteiger partial charge on any atom is 0.320 e. The molecule has 2 aromatic rings. The molecule has 1 aromatic heterocycles. The van der Waals surface area contributed by atoms with Crippen LogP contribution in [0.3, 0.4) is 0 Å². The molecule has 4 N–H and O–H groups in total. The van der Waals surface area contributed by atoms with E-state index in [1.54, 1.807) is 6.07 Å². The summed E-state index contributed by atoms with van der Waals surface area (Å²) in [5, 5.41) is 16.9. The molecule has 1 aliphatic heterocycles. The van der Waals surface area contributed by atoms with Gasteiger partial charge in [-0.3, -0.25) is 5.32 Å². The van der Waals surface area contributed by atoms with Crippen LogP contribution in [-0.4, -0.2) is 37.0 Å². The van der Waals surface area contributed by atoms with Gasteiger partial charge in [0.05, 0.1) is 30.6 Å². The van der Waals surface area contributed by atoms with Gasteiger partial charge in [0.1, 0.15) is 5.82 Å². The lowest BCUT2D eigenvalue weighted by atomic mass is 10.1. The third-order valence-electron chi connectivity index (χ3n) is 5.23. The van der Waals surface area contributed by atoms with Crippen molar-refractivity contribution in [2.24, 2.45) is 5.92 Å². The summed E-state index contributed by atoms with van der Waals surface area (Å²) >= 11 is 0. The van der Waals surface area contributed by atoms with E-state index in [1.165, 1.54) is 6.21 Å². The monoisotopic (exact) mass is 379 g/mol. The summed E-state index contributed by atoms with van der Waals surface area (Å²) in [5.41, 5.74) is 3.52. The van der Waals surface area contributed by atoms with Crippen LogP contribution in [0.4, 0.5) is 16.3 Å². The molecule has 4 rings (SSSR count). The van der Waals surface area contributed by atoms with Gasteiger partial charge in [0.2, 0.25) is 0 Å². The van der Waals surface area contributed by atoms with E-state index in [0.29, 0.717) is 24.9 Å². The van der Waals surface area contributed by atoms with Crippen LogP contribution >= 0.6 is 0 Å². The summed E-state index contributed by atoms with van der Waals surface area (Å²) in [7, 11) is 0. The number of nitrogens with one attached hydrogen (secondary N) is 4. The van der Waals surface area contributed by atoms with Gasteiger partial charge in [0, 0.05) is 24.2 Å². The number of carbonyl (C=O) groups is 1. The lowest BCUT2D eigenvalue weighted by molar-refractivity contribution is 0.104. The first-order valence-electron chi connectivity index (χ1n) is 9.69. The number of fused-ring (bicyclic) bond motifs is 4. The van der Waals surface area contributed by atoms with Crippen LogP contribution in [0.5, 0.6) is 0 Å². The smallest absolute Gasteiger partial charge is 0.320 e. The molecule has 3 atom stereocenters. The first kappa shape index (κ1) is 18.4. The molecule has 2 amide bonds. The highest BCUT2D eigenvalue weighted by Gasteiger charge is 2.42. The van der Waals surface area contributed by atoms with E-state index >= 15 is 0 Å². The molecule has 1 aliphatic carbocycles. The Morgan fingerprint density at radius 2 is 2.14 bits per heavy atom.